The summed E-state index contributed by atoms with van der Waals surface area (Å²) in [6.07, 6.45) is 1.07. The van der Waals surface area contributed by atoms with Crippen LogP contribution in [0.5, 0.6) is 0 Å². The quantitative estimate of drug-likeness (QED) is 0.399. The molecule has 1 N–H and O–H groups in total. The molecular weight excluding hydrogens is 368 g/mol. The first-order chi connectivity index (χ1) is 12.6. The zero-order chi connectivity index (χ0) is 18.5. The monoisotopic (exact) mass is 384 g/mol. The second kappa shape index (κ2) is 8.16. The van der Waals surface area contributed by atoms with Crippen LogP contribution in [0, 0.1) is 0 Å². The Balaban J connectivity index is 1.72. The fourth-order valence-corrected chi connectivity index (χ4v) is 3.62. The van der Waals surface area contributed by atoms with E-state index in [-0.39, 0.29) is 11.5 Å². The molecule has 2 heterocycles. The number of rotatable bonds is 6. The molecular formula is C19H16N2O3S2. The van der Waals surface area contributed by atoms with E-state index in [1.807, 2.05) is 36.4 Å². The topological polar surface area (TPSA) is 72.0 Å². The standard InChI is InChI=1S/C19H16N2O3S2/c1-24-19(23)16-9-8-15(26-16)14(25)7-10-17-20-13(11-18(22)21-17)12-5-3-2-4-6-12/h2-6,8-9,11H,7,10H2,1H3,(H,20,21,22). The molecule has 26 heavy (non-hydrogen) atoms. The maximum absolute atomic E-state index is 11.9. The lowest BCUT2D eigenvalue weighted by atomic mass is 10.1. The first kappa shape index (κ1) is 18.2. The summed E-state index contributed by atoms with van der Waals surface area (Å²) < 4.78 is 4.71. The largest absolute Gasteiger partial charge is 0.465 e. The lowest BCUT2D eigenvalue weighted by Crippen LogP contribution is -2.12. The summed E-state index contributed by atoms with van der Waals surface area (Å²) in [4.78, 5) is 32.8. The van der Waals surface area contributed by atoms with Crippen LogP contribution < -0.4 is 5.56 Å². The van der Waals surface area contributed by atoms with E-state index < -0.39 is 0 Å². The number of hydrogen-bond acceptors (Lipinski definition) is 6. The van der Waals surface area contributed by atoms with Crippen molar-refractivity contribution in [2.24, 2.45) is 0 Å². The SMILES string of the molecule is COC(=O)c1ccc(C(=S)CCc2nc(-c3ccccc3)cc(=O)[nH]2)s1. The first-order valence-corrected chi connectivity index (χ1v) is 9.16. The number of nitrogens with zero attached hydrogens (tertiary/aromatic N) is 1. The number of nitrogens with one attached hydrogen (secondary N) is 1. The number of carbonyl (C=O) groups excluding carboxylic acids is 1. The molecule has 0 unspecified atom stereocenters. The molecule has 0 saturated carbocycles. The van der Waals surface area contributed by atoms with Crippen LogP contribution >= 0.6 is 23.6 Å². The van der Waals surface area contributed by atoms with Crippen LogP contribution in [0.15, 0.2) is 53.3 Å². The van der Waals surface area contributed by atoms with Crippen LogP contribution in [0.3, 0.4) is 0 Å². The molecule has 2 aromatic heterocycles. The molecule has 0 saturated heterocycles. The highest BCUT2D eigenvalue weighted by Gasteiger charge is 2.12. The number of thiophene rings is 1. The molecule has 0 spiro atoms. The van der Waals surface area contributed by atoms with Gasteiger partial charge in [-0.05, 0) is 18.6 Å². The smallest absolute Gasteiger partial charge is 0.348 e. The Morgan fingerprint density at radius 1 is 1.19 bits per heavy atom. The Kier molecular flexibility index (Phi) is 5.70. The van der Waals surface area contributed by atoms with E-state index in [1.54, 1.807) is 6.07 Å². The van der Waals surface area contributed by atoms with Gasteiger partial charge in [-0.1, -0.05) is 42.5 Å². The average molecular weight is 384 g/mol. The molecule has 0 bridgehead atoms. The maximum atomic E-state index is 11.9. The number of hydrogen-bond donors (Lipinski definition) is 1. The van der Waals surface area contributed by atoms with Crippen molar-refractivity contribution < 1.29 is 9.53 Å². The van der Waals surface area contributed by atoms with Gasteiger partial charge in [-0.3, -0.25) is 4.79 Å². The summed E-state index contributed by atoms with van der Waals surface area (Å²) in [6.45, 7) is 0. The van der Waals surface area contributed by atoms with Crippen molar-refractivity contribution in [1.82, 2.24) is 9.97 Å². The molecule has 1 aromatic carbocycles. The summed E-state index contributed by atoms with van der Waals surface area (Å²) in [5.41, 5.74) is 1.34. The van der Waals surface area contributed by atoms with E-state index in [9.17, 15) is 9.59 Å². The molecule has 7 heteroatoms. The van der Waals surface area contributed by atoms with E-state index in [4.69, 9.17) is 17.0 Å². The van der Waals surface area contributed by atoms with E-state index in [0.717, 1.165) is 15.3 Å². The van der Waals surface area contributed by atoms with Gasteiger partial charge >= 0.3 is 5.97 Å². The molecule has 5 nitrogen and oxygen atoms in total. The van der Waals surface area contributed by atoms with Crippen molar-refractivity contribution in [3.8, 4) is 11.3 Å². The molecule has 0 aliphatic carbocycles. The lowest BCUT2D eigenvalue weighted by Gasteiger charge is -2.05. The Morgan fingerprint density at radius 3 is 2.65 bits per heavy atom. The Bertz CT molecular complexity index is 993. The zero-order valence-electron chi connectivity index (χ0n) is 14.0. The molecule has 0 aliphatic rings. The van der Waals surface area contributed by atoms with Gasteiger partial charge in [-0.2, -0.15) is 0 Å². The highest BCUT2D eigenvalue weighted by molar-refractivity contribution is 7.81. The Labute approximate surface area is 159 Å². The number of aryl methyl sites for hydroxylation is 1. The minimum Gasteiger partial charge on any atom is -0.465 e. The normalized spacial score (nSPS) is 10.5. The van der Waals surface area contributed by atoms with Crippen molar-refractivity contribution in [3.05, 3.63) is 74.5 Å². The van der Waals surface area contributed by atoms with Crippen molar-refractivity contribution in [2.75, 3.05) is 7.11 Å². The van der Waals surface area contributed by atoms with Crippen LogP contribution in [-0.4, -0.2) is 27.9 Å². The summed E-state index contributed by atoms with van der Waals surface area (Å²) in [7, 11) is 1.35. The van der Waals surface area contributed by atoms with Crippen LogP contribution in [0.1, 0.15) is 26.8 Å². The number of carbonyl (C=O) groups is 1. The van der Waals surface area contributed by atoms with Gasteiger partial charge in [-0.15, -0.1) is 11.3 Å². The van der Waals surface area contributed by atoms with Gasteiger partial charge in [0, 0.05) is 27.8 Å². The van der Waals surface area contributed by atoms with E-state index in [2.05, 4.69) is 9.97 Å². The van der Waals surface area contributed by atoms with Crippen LogP contribution in [0.2, 0.25) is 0 Å². The van der Waals surface area contributed by atoms with Crippen molar-refractivity contribution in [2.45, 2.75) is 12.8 Å². The third-order valence-electron chi connectivity index (χ3n) is 3.72. The average Bonchev–Trinajstić information content (AvgIpc) is 3.16. The van der Waals surface area contributed by atoms with Gasteiger partial charge in [0.25, 0.3) is 5.56 Å². The molecule has 3 rings (SSSR count). The maximum Gasteiger partial charge on any atom is 0.348 e. The number of thiocarbonyl (C=S) groups is 1. The van der Waals surface area contributed by atoms with Gasteiger partial charge in [0.2, 0.25) is 0 Å². The summed E-state index contributed by atoms with van der Waals surface area (Å²) >= 11 is 6.76. The van der Waals surface area contributed by atoms with E-state index >= 15 is 0 Å². The molecule has 0 atom stereocenters. The van der Waals surface area contributed by atoms with Crippen molar-refractivity contribution >= 4 is 34.4 Å². The first-order valence-electron chi connectivity index (χ1n) is 7.94. The predicted molar refractivity (Wildman–Crippen MR) is 106 cm³/mol. The van der Waals surface area contributed by atoms with Gasteiger partial charge in [-0.25, -0.2) is 9.78 Å². The van der Waals surface area contributed by atoms with Crippen molar-refractivity contribution in [3.63, 3.8) is 0 Å². The zero-order valence-corrected chi connectivity index (χ0v) is 15.7. The molecule has 0 fully saturated rings. The van der Waals surface area contributed by atoms with Gasteiger partial charge in [0.1, 0.15) is 10.7 Å². The Hall–Kier alpha value is -2.64. The van der Waals surface area contributed by atoms with Crippen LogP contribution in [0.4, 0.5) is 0 Å². The van der Waals surface area contributed by atoms with Gasteiger partial charge < -0.3 is 9.72 Å². The third kappa shape index (κ3) is 4.30. The second-order valence-corrected chi connectivity index (χ2v) is 7.10. The minimum atomic E-state index is -0.370. The van der Waals surface area contributed by atoms with Crippen LogP contribution in [0.25, 0.3) is 11.3 Å². The second-order valence-electron chi connectivity index (χ2n) is 5.52. The van der Waals surface area contributed by atoms with E-state index in [1.165, 1.54) is 24.5 Å². The van der Waals surface area contributed by atoms with Crippen molar-refractivity contribution in [1.29, 1.82) is 0 Å². The minimum absolute atomic E-state index is 0.191. The number of benzene rings is 1. The lowest BCUT2D eigenvalue weighted by molar-refractivity contribution is 0.0606. The van der Waals surface area contributed by atoms with Crippen LogP contribution in [-0.2, 0) is 11.2 Å². The number of methoxy groups -OCH3 is 1. The van der Waals surface area contributed by atoms with Gasteiger partial charge in [0.15, 0.2) is 0 Å². The molecule has 0 amide bonds. The summed E-state index contributed by atoms with van der Waals surface area (Å²) in [5.74, 6) is 0.217. The highest BCUT2D eigenvalue weighted by atomic mass is 32.1. The summed E-state index contributed by atoms with van der Waals surface area (Å²) in [6, 6.07) is 14.6. The van der Waals surface area contributed by atoms with E-state index in [0.29, 0.717) is 29.2 Å². The van der Waals surface area contributed by atoms with Gasteiger partial charge in [0.05, 0.1) is 12.8 Å². The highest BCUT2D eigenvalue weighted by Crippen LogP contribution is 2.20. The number of aromatic nitrogens is 2. The fraction of sp³-hybridized carbons (Fsp3) is 0.158. The number of ether oxygens (including phenoxy) is 1. The predicted octanol–water partition coefficient (Wildman–Crippen LogP) is 3.64. The molecule has 132 valence electrons. The third-order valence-corrected chi connectivity index (χ3v) is 5.39. The fourth-order valence-electron chi connectivity index (χ4n) is 2.44. The molecule has 0 aliphatic heterocycles. The molecule has 0 radical (unpaired) electrons. The number of H-pyrrole nitrogens is 1. The number of aromatic amines is 1. The Morgan fingerprint density at radius 2 is 1.92 bits per heavy atom. The molecule has 3 aromatic rings. The number of esters is 1. The summed E-state index contributed by atoms with van der Waals surface area (Å²) in [5, 5.41) is 0.